The third kappa shape index (κ3) is 2.98. The summed E-state index contributed by atoms with van der Waals surface area (Å²) in [4.78, 5) is 1.03. The Balaban J connectivity index is 1.82. The van der Waals surface area contributed by atoms with Gasteiger partial charge in [0.05, 0.1) is 16.8 Å². The van der Waals surface area contributed by atoms with Gasteiger partial charge in [-0.1, -0.05) is 22.0 Å². The van der Waals surface area contributed by atoms with E-state index in [0.29, 0.717) is 4.47 Å². The summed E-state index contributed by atoms with van der Waals surface area (Å²) in [5, 5.41) is 11.7. The molecule has 3 nitrogen and oxygen atoms in total. The van der Waals surface area contributed by atoms with Gasteiger partial charge in [-0.25, -0.2) is 8.78 Å². The van der Waals surface area contributed by atoms with Gasteiger partial charge in [0.25, 0.3) is 0 Å². The van der Waals surface area contributed by atoms with Crippen LogP contribution in [0.5, 0.6) is 0 Å². The zero-order chi connectivity index (χ0) is 14.8. The van der Waals surface area contributed by atoms with E-state index >= 15 is 0 Å². The number of aromatic nitrogens is 2. The molecule has 0 amide bonds. The lowest BCUT2D eigenvalue weighted by Crippen LogP contribution is -2.04. The Bertz CT molecular complexity index is 732. The predicted octanol–water partition coefficient (Wildman–Crippen LogP) is 4.79. The molecular weight excluding hydrogens is 360 g/mol. The molecule has 0 aliphatic carbocycles. The van der Waals surface area contributed by atoms with Crippen LogP contribution in [0, 0.1) is 11.6 Å². The van der Waals surface area contributed by atoms with Gasteiger partial charge in [0.15, 0.2) is 0 Å². The highest BCUT2D eigenvalue weighted by molar-refractivity contribution is 9.10. The maximum atomic E-state index is 13.8. The molecule has 0 fully saturated rings. The fourth-order valence-corrected chi connectivity index (χ4v) is 3.13. The van der Waals surface area contributed by atoms with E-state index in [1.54, 1.807) is 17.5 Å². The molecule has 0 saturated heterocycles. The molecule has 3 rings (SSSR count). The second-order valence-corrected chi connectivity index (χ2v) is 6.21. The van der Waals surface area contributed by atoms with Crippen molar-refractivity contribution in [3.05, 3.63) is 57.5 Å². The third-order valence-corrected chi connectivity index (χ3v) is 4.29. The molecule has 0 bridgehead atoms. The van der Waals surface area contributed by atoms with Gasteiger partial charge in [-0.05, 0) is 23.6 Å². The first-order valence-electron chi connectivity index (χ1n) is 6.09. The minimum atomic E-state index is -0.636. The van der Waals surface area contributed by atoms with Crippen LogP contribution >= 0.6 is 27.3 Å². The van der Waals surface area contributed by atoms with Crippen molar-refractivity contribution in [2.45, 2.75) is 6.54 Å². The minimum absolute atomic E-state index is 0.142. The lowest BCUT2D eigenvalue weighted by Gasteiger charge is -2.09. The highest BCUT2D eigenvalue weighted by Gasteiger charge is 2.13. The standard InChI is InChI=1S/C14H10BrF2N3S/c15-9-4-10(16)14(11(17)5-9)18-6-8-7-19-20-13(8)12-2-1-3-21-12/h1-5,7,18H,6H2,(H,19,20). The Hall–Kier alpha value is -1.73. The summed E-state index contributed by atoms with van der Waals surface area (Å²) in [6.07, 6.45) is 1.65. The Labute approximate surface area is 132 Å². The summed E-state index contributed by atoms with van der Waals surface area (Å²) in [6, 6.07) is 6.34. The van der Waals surface area contributed by atoms with Gasteiger partial charge in [-0.15, -0.1) is 11.3 Å². The molecule has 3 aromatic rings. The van der Waals surface area contributed by atoms with Crippen molar-refractivity contribution in [2.75, 3.05) is 5.32 Å². The van der Waals surface area contributed by atoms with Crippen LogP contribution in [0.2, 0.25) is 0 Å². The van der Waals surface area contributed by atoms with Gasteiger partial charge in [0.1, 0.15) is 17.3 Å². The van der Waals surface area contributed by atoms with Crippen LogP contribution in [0.15, 0.2) is 40.3 Å². The number of nitrogens with zero attached hydrogens (tertiary/aromatic N) is 1. The third-order valence-electron chi connectivity index (χ3n) is 2.95. The maximum absolute atomic E-state index is 13.8. The summed E-state index contributed by atoms with van der Waals surface area (Å²) >= 11 is 4.62. The average Bonchev–Trinajstić information content (AvgIpc) is 3.07. The average molecular weight is 370 g/mol. The van der Waals surface area contributed by atoms with Crippen LogP contribution in [0.25, 0.3) is 10.6 Å². The molecule has 0 saturated carbocycles. The van der Waals surface area contributed by atoms with E-state index in [1.807, 2.05) is 17.5 Å². The number of H-pyrrole nitrogens is 1. The van der Waals surface area contributed by atoms with Crippen LogP contribution in [0.3, 0.4) is 0 Å². The van der Waals surface area contributed by atoms with Crippen molar-refractivity contribution in [1.82, 2.24) is 10.2 Å². The highest BCUT2D eigenvalue weighted by Crippen LogP contribution is 2.28. The minimum Gasteiger partial charge on any atom is -0.376 e. The van der Waals surface area contributed by atoms with Crippen LogP contribution in [-0.4, -0.2) is 10.2 Å². The highest BCUT2D eigenvalue weighted by atomic mass is 79.9. The molecule has 2 N–H and O–H groups in total. The molecule has 1 aromatic carbocycles. The van der Waals surface area contributed by atoms with Gasteiger partial charge >= 0.3 is 0 Å². The van der Waals surface area contributed by atoms with E-state index in [9.17, 15) is 8.78 Å². The molecule has 7 heteroatoms. The molecule has 0 radical (unpaired) electrons. The van der Waals surface area contributed by atoms with Crippen molar-refractivity contribution in [3.8, 4) is 10.6 Å². The van der Waals surface area contributed by atoms with Gasteiger partial charge in [-0.2, -0.15) is 5.10 Å². The van der Waals surface area contributed by atoms with Gasteiger partial charge < -0.3 is 5.32 Å². The van der Waals surface area contributed by atoms with Gasteiger partial charge in [0, 0.05) is 16.6 Å². The van der Waals surface area contributed by atoms with Crippen molar-refractivity contribution < 1.29 is 8.78 Å². The number of benzene rings is 1. The van der Waals surface area contributed by atoms with Crippen molar-refractivity contribution in [3.63, 3.8) is 0 Å². The molecule has 21 heavy (non-hydrogen) atoms. The molecule has 0 atom stereocenters. The first-order chi connectivity index (χ1) is 10.1. The van der Waals surface area contributed by atoms with Crippen molar-refractivity contribution in [1.29, 1.82) is 0 Å². The smallest absolute Gasteiger partial charge is 0.150 e. The van der Waals surface area contributed by atoms with E-state index in [1.165, 1.54) is 12.1 Å². The largest absolute Gasteiger partial charge is 0.376 e. The number of aromatic amines is 1. The number of halogens is 3. The second-order valence-electron chi connectivity index (χ2n) is 4.35. The molecule has 0 unspecified atom stereocenters. The summed E-state index contributed by atoms with van der Waals surface area (Å²) in [5.74, 6) is -1.27. The quantitative estimate of drug-likeness (QED) is 0.693. The Morgan fingerprint density at radius 2 is 2.05 bits per heavy atom. The van der Waals surface area contributed by atoms with Crippen LogP contribution in [0.1, 0.15) is 5.56 Å². The topological polar surface area (TPSA) is 40.7 Å². The molecule has 0 aliphatic heterocycles. The molecule has 0 aliphatic rings. The fraction of sp³-hybridized carbons (Fsp3) is 0.0714. The number of thiophene rings is 1. The van der Waals surface area contributed by atoms with Crippen LogP contribution < -0.4 is 5.32 Å². The lowest BCUT2D eigenvalue weighted by molar-refractivity contribution is 0.586. The number of anilines is 1. The zero-order valence-corrected chi connectivity index (χ0v) is 13.1. The fourth-order valence-electron chi connectivity index (χ4n) is 1.97. The normalized spacial score (nSPS) is 10.8. The molecule has 0 spiro atoms. The lowest BCUT2D eigenvalue weighted by atomic mass is 10.2. The number of hydrogen-bond donors (Lipinski definition) is 2. The predicted molar refractivity (Wildman–Crippen MR) is 83.3 cm³/mol. The summed E-state index contributed by atoms with van der Waals surface area (Å²) in [7, 11) is 0. The molecule has 2 heterocycles. The van der Waals surface area contributed by atoms with E-state index in [-0.39, 0.29) is 12.2 Å². The number of rotatable bonds is 4. The van der Waals surface area contributed by atoms with Crippen molar-refractivity contribution >= 4 is 33.0 Å². The first-order valence-corrected chi connectivity index (χ1v) is 7.77. The Morgan fingerprint density at radius 1 is 1.29 bits per heavy atom. The first kappa shape index (κ1) is 14.2. The number of nitrogens with one attached hydrogen (secondary N) is 2. The van der Waals surface area contributed by atoms with Crippen LogP contribution in [-0.2, 0) is 6.54 Å². The Kier molecular flexibility index (Phi) is 4.03. The summed E-state index contributed by atoms with van der Waals surface area (Å²) < 4.78 is 27.9. The van der Waals surface area contributed by atoms with E-state index < -0.39 is 11.6 Å². The molecular formula is C14H10BrF2N3S. The van der Waals surface area contributed by atoms with E-state index in [4.69, 9.17) is 0 Å². The zero-order valence-electron chi connectivity index (χ0n) is 10.7. The summed E-state index contributed by atoms with van der Waals surface area (Å²) in [5.41, 5.74) is 1.56. The van der Waals surface area contributed by atoms with Gasteiger partial charge in [0.2, 0.25) is 0 Å². The summed E-state index contributed by atoms with van der Waals surface area (Å²) in [6.45, 7) is 0.277. The van der Waals surface area contributed by atoms with Gasteiger partial charge in [-0.3, -0.25) is 5.10 Å². The SMILES string of the molecule is Fc1cc(Br)cc(F)c1NCc1cn[nH]c1-c1cccs1. The van der Waals surface area contributed by atoms with E-state index in [2.05, 4.69) is 31.4 Å². The number of hydrogen-bond acceptors (Lipinski definition) is 3. The van der Waals surface area contributed by atoms with Crippen LogP contribution in [0.4, 0.5) is 14.5 Å². The molecule has 108 valence electrons. The Morgan fingerprint density at radius 3 is 2.71 bits per heavy atom. The van der Waals surface area contributed by atoms with Crippen molar-refractivity contribution in [2.24, 2.45) is 0 Å². The molecule has 2 aromatic heterocycles. The maximum Gasteiger partial charge on any atom is 0.150 e. The second kappa shape index (κ2) is 5.95. The monoisotopic (exact) mass is 369 g/mol. The van der Waals surface area contributed by atoms with E-state index in [0.717, 1.165) is 16.1 Å².